The fourth-order valence-electron chi connectivity index (χ4n) is 6.00. The molecule has 0 saturated heterocycles. The second kappa shape index (κ2) is 10.9. The van der Waals surface area contributed by atoms with E-state index in [4.69, 9.17) is 14.5 Å². The predicted molar refractivity (Wildman–Crippen MR) is 166 cm³/mol. The standard InChI is InChI=1S/C34H31F3N2O4S/c1-18-16-24-31(44-32(41)39(24)17-21-8-6-7-9-23(21)34(35,36)37)28(26(18)30(19(2)40)43-33(3,4)5)22-10-11-25-27-20(13-15-42-25)12-14-38-29(22)27/h6-12,14,16,30H,13,15,17H2,1-5H3/t30-/m1/s1. The van der Waals surface area contributed by atoms with Gasteiger partial charge in [-0.3, -0.25) is 19.1 Å². The number of carbonyl (C=O) groups is 1. The monoisotopic (exact) mass is 620 g/mol. The quantitative estimate of drug-likeness (QED) is 0.192. The maximum Gasteiger partial charge on any atom is 0.416 e. The van der Waals surface area contributed by atoms with E-state index in [1.165, 1.54) is 29.7 Å². The topological polar surface area (TPSA) is 70.4 Å². The van der Waals surface area contributed by atoms with Crippen molar-refractivity contribution in [2.75, 3.05) is 6.61 Å². The van der Waals surface area contributed by atoms with Gasteiger partial charge in [-0.1, -0.05) is 29.5 Å². The summed E-state index contributed by atoms with van der Waals surface area (Å²) in [6, 6.07) is 12.7. The summed E-state index contributed by atoms with van der Waals surface area (Å²) in [5.74, 6) is 0.487. The van der Waals surface area contributed by atoms with Crippen molar-refractivity contribution in [2.45, 2.75) is 65.5 Å². The Morgan fingerprint density at radius 2 is 1.89 bits per heavy atom. The van der Waals surface area contributed by atoms with Gasteiger partial charge in [0.25, 0.3) is 0 Å². The van der Waals surface area contributed by atoms with Crippen LogP contribution in [0.4, 0.5) is 13.2 Å². The third-order valence-corrected chi connectivity index (χ3v) is 8.81. The van der Waals surface area contributed by atoms with Gasteiger partial charge in [-0.15, -0.1) is 0 Å². The van der Waals surface area contributed by atoms with Crippen LogP contribution >= 0.6 is 11.3 Å². The van der Waals surface area contributed by atoms with Crippen LogP contribution < -0.4 is 9.61 Å². The second-order valence-electron chi connectivity index (χ2n) is 12.1. The highest BCUT2D eigenvalue weighted by molar-refractivity contribution is 7.17. The number of nitrogens with zero attached hydrogens (tertiary/aromatic N) is 2. The van der Waals surface area contributed by atoms with Crippen molar-refractivity contribution >= 4 is 38.2 Å². The Kier molecular flexibility index (Phi) is 7.41. The van der Waals surface area contributed by atoms with Gasteiger partial charge in [0, 0.05) is 34.7 Å². The summed E-state index contributed by atoms with van der Waals surface area (Å²) in [7, 11) is 0. The Hall–Kier alpha value is -4.02. The number of aryl methyl sites for hydroxylation is 1. The van der Waals surface area contributed by atoms with Gasteiger partial charge in [0.15, 0.2) is 5.78 Å². The zero-order valence-corrected chi connectivity index (χ0v) is 25.8. The molecule has 228 valence electrons. The lowest BCUT2D eigenvalue weighted by atomic mass is 9.88. The number of aromatic nitrogens is 2. The number of thiazole rings is 1. The molecule has 0 radical (unpaired) electrons. The fourth-order valence-corrected chi connectivity index (χ4v) is 7.05. The molecule has 3 heterocycles. The van der Waals surface area contributed by atoms with Crippen molar-refractivity contribution in [1.29, 1.82) is 0 Å². The van der Waals surface area contributed by atoms with Crippen LogP contribution in [-0.2, 0) is 28.7 Å². The molecule has 0 bridgehead atoms. The SMILES string of the molecule is CC(=O)[C@@H](OC(C)(C)C)c1c(C)cc2c(sc(=O)n2Cc2ccccc2C(F)(F)F)c1-c1ccc2c3c(ccnc13)CCO2. The van der Waals surface area contributed by atoms with Gasteiger partial charge < -0.3 is 9.47 Å². The highest BCUT2D eigenvalue weighted by atomic mass is 32.1. The summed E-state index contributed by atoms with van der Waals surface area (Å²) in [4.78, 5) is 31.2. The number of carbonyl (C=O) groups excluding carboxylic acids is 1. The van der Waals surface area contributed by atoms with E-state index in [0.717, 1.165) is 28.4 Å². The molecule has 0 spiro atoms. The van der Waals surface area contributed by atoms with Gasteiger partial charge in [-0.05, 0) is 81.6 Å². The number of halogens is 3. The molecule has 0 N–H and O–H groups in total. The number of benzene rings is 3. The Bertz CT molecular complexity index is 1990. The minimum Gasteiger partial charge on any atom is -0.493 e. The molecule has 0 fully saturated rings. The molecule has 1 aliphatic heterocycles. The number of ether oxygens (including phenoxy) is 2. The largest absolute Gasteiger partial charge is 0.493 e. The summed E-state index contributed by atoms with van der Waals surface area (Å²) >= 11 is 0.940. The first-order valence-corrected chi connectivity index (χ1v) is 15.1. The molecule has 44 heavy (non-hydrogen) atoms. The van der Waals surface area contributed by atoms with Crippen molar-refractivity contribution in [2.24, 2.45) is 0 Å². The van der Waals surface area contributed by atoms with Gasteiger partial charge in [0.05, 0.1) is 40.0 Å². The molecule has 10 heteroatoms. The fraction of sp³-hybridized carbons (Fsp3) is 0.324. The van der Waals surface area contributed by atoms with Gasteiger partial charge in [0.2, 0.25) is 0 Å². The molecular weight excluding hydrogens is 589 g/mol. The van der Waals surface area contributed by atoms with E-state index in [0.29, 0.717) is 56.8 Å². The second-order valence-corrected chi connectivity index (χ2v) is 13.0. The molecule has 6 nitrogen and oxygen atoms in total. The van der Waals surface area contributed by atoms with Crippen LogP contribution in [0.1, 0.15) is 61.6 Å². The number of hydrogen-bond acceptors (Lipinski definition) is 6. The lowest BCUT2D eigenvalue weighted by molar-refractivity contribution is -0.139. The van der Waals surface area contributed by atoms with E-state index < -0.39 is 28.3 Å². The predicted octanol–water partition coefficient (Wildman–Crippen LogP) is 8.03. The van der Waals surface area contributed by atoms with E-state index in [-0.39, 0.29) is 17.9 Å². The number of ketones is 1. The number of Topliss-reactive ketones (excluding diaryl/α,β-unsaturated/α-hetero) is 1. The Labute approximate surface area is 256 Å². The van der Waals surface area contributed by atoms with E-state index in [1.54, 1.807) is 12.3 Å². The molecule has 0 amide bonds. The highest BCUT2D eigenvalue weighted by Gasteiger charge is 2.34. The third kappa shape index (κ3) is 5.30. The maximum atomic E-state index is 13.9. The molecule has 5 aromatic rings. The van der Waals surface area contributed by atoms with Crippen LogP contribution in [0.15, 0.2) is 59.5 Å². The number of alkyl halides is 3. The number of rotatable bonds is 6. The van der Waals surface area contributed by atoms with Gasteiger partial charge in [-0.2, -0.15) is 13.2 Å². The van der Waals surface area contributed by atoms with Crippen LogP contribution in [0.2, 0.25) is 0 Å². The average Bonchev–Trinajstić information content (AvgIpc) is 3.25. The lowest BCUT2D eigenvalue weighted by Crippen LogP contribution is -2.27. The van der Waals surface area contributed by atoms with E-state index in [1.807, 2.05) is 45.9 Å². The highest BCUT2D eigenvalue weighted by Crippen LogP contribution is 2.46. The van der Waals surface area contributed by atoms with Crippen molar-refractivity contribution in [3.8, 4) is 16.9 Å². The zero-order valence-electron chi connectivity index (χ0n) is 25.0. The lowest BCUT2D eigenvalue weighted by Gasteiger charge is -2.29. The first-order chi connectivity index (χ1) is 20.7. The van der Waals surface area contributed by atoms with E-state index in [2.05, 4.69) is 0 Å². The molecule has 3 aromatic carbocycles. The molecular formula is C34H31F3N2O4S. The first-order valence-electron chi connectivity index (χ1n) is 14.3. The van der Waals surface area contributed by atoms with Crippen molar-refractivity contribution < 1.29 is 27.4 Å². The van der Waals surface area contributed by atoms with Crippen molar-refractivity contribution in [3.05, 3.63) is 92.2 Å². The zero-order chi connectivity index (χ0) is 31.6. The van der Waals surface area contributed by atoms with Crippen LogP contribution in [0.25, 0.3) is 32.2 Å². The molecule has 2 aromatic heterocycles. The normalized spacial score (nSPS) is 14.2. The Morgan fingerprint density at radius 3 is 2.59 bits per heavy atom. The summed E-state index contributed by atoms with van der Waals surface area (Å²) in [5.41, 5.74) is 3.29. The Morgan fingerprint density at radius 1 is 1.14 bits per heavy atom. The summed E-state index contributed by atoms with van der Waals surface area (Å²) in [5, 5.41) is 0.860. The molecule has 0 unspecified atom stereocenters. The molecule has 0 aliphatic carbocycles. The minimum absolute atomic E-state index is 0.0110. The molecule has 6 rings (SSSR count). The van der Waals surface area contributed by atoms with E-state index in [9.17, 15) is 22.8 Å². The van der Waals surface area contributed by atoms with Gasteiger partial charge in [0.1, 0.15) is 11.9 Å². The molecule has 0 saturated carbocycles. The average molecular weight is 621 g/mol. The smallest absolute Gasteiger partial charge is 0.416 e. The van der Waals surface area contributed by atoms with Crippen LogP contribution in [0, 0.1) is 6.92 Å². The van der Waals surface area contributed by atoms with Crippen molar-refractivity contribution in [3.63, 3.8) is 0 Å². The third-order valence-electron chi connectivity index (χ3n) is 7.80. The van der Waals surface area contributed by atoms with Gasteiger partial charge in [-0.25, -0.2) is 0 Å². The summed E-state index contributed by atoms with van der Waals surface area (Å²) in [6.07, 6.45) is -3.10. The Balaban J connectivity index is 1.69. The summed E-state index contributed by atoms with van der Waals surface area (Å²) < 4.78 is 55.9. The van der Waals surface area contributed by atoms with Crippen molar-refractivity contribution in [1.82, 2.24) is 9.55 Å². The molecule has 1 aliphatic rings. The molecule has 1 atom stereocenters. The number of hydrogen-bond donors (Lipinski definition) is 0. The summed E-state index contributed by atoms with van der Waals surface area (Å²) in [6.45, 7) is 9.17. The van der Waals surface area contributed by atoms with Gasteiger partial charge >= 0.3 is 11.0 Å². The first kappa shape index (κ1) is 30.0. The van der Waals surface area contributed by atoms with Crippen LogP contribution in [-0.4, -0.2) is 27.5 Å². The number of pyridine rings is 1. The minimum atomic E-state index is -4.57. The maximum absolute atomic E-state index is 13.9. The van der Waals surface area contributed by atoms with E-state index >= 15 is 0 Å². The van der Waals surface area contributed by atoms with Crippen LogP contribution in [0.5, 0.6) is 5.75 Å². The van der Waals surface area contributed by atoms with Crippen LogP contribution in [0.3, 0.4) is 0 Å². The number of fused-ring (bicyclic) bond motifs is 1.